The minimum Gasteiger partial charge on any atom is -0.478 e. The molecular weight excluding hydrogens is 230 g/mol. The van der Waals surface area contributed by atoms with Gasteiger partial charge in [0, 0.05) is 5.39 Å². The number of hydrogen-bond donors (Lipinski definition) is 2. The van der Waals surface area contributed by atoms with Gasteiger partial charge in [-0.1, -0.05) is 5.92 Å². The molecule has 0 saturated carbocycles. The number of aromatic amines is 1. The van der Waals surface area contributed by atoms with Crippen LogP contribution in [0.3, 0.4) is 0 Å². The molecule has 1 aromatic heterocycles. The number of rotatable bonds is 2. The standard InChI is InChI=1S/C13H13N3O2/c1-16(2)7-3-4-11-10-8-9(13(17)18)5-6-12(10)15-14-11/h5-6,8H,7H2,1-2H3,(H,14,15)(H,17,18). The monoisotopic (exact) mass is 243 g/mol. The van der Waals surface area contributed by atoms with E-state index in [0.717, 1.165) is 5.39 Å². The minimum absolute atomic E-state index is 0.236. The second-order valence-corrected chi connectivity index (χ2v) is 4.18. The molecule has 2 rings (SSSR count). The van der Waals surface area contributed by atoms with Gasteiger partial charge in [-0.25, -0.2) is 4.79 Å². The maximum Gasteiger partial charge on any atom is 0.335 e. The zero-order valence-corrected chi connectivity index (χ0v) is 10.2. The number of hydrogen-bond acceptors (Lipinski definition) is 3. The first kappa shape index (κ1) is 12.1. The largest absolute Gasteiger partial charge is 0.478 e. The molecular formula is C13H13N3O2. The Morgan fingerprint density at radius 3 is 2.94 bits per heavy atom. The molecule has 0 fully saturated rings. The highest BCUT2D eigenvalue weighted by Gasteiger charge is 2.08. The molecule has 0 amide bonds. The normalized spacial score (nSPS) is 10.4. The quantitative estimate of drug-likeness (QED) is 0.777. The number of aromatic carboxylic acids is 1. The fourth-order valence-corrected chi connectivity index (χ4v) is 1.52. The lowest BCUT2D eigenvalue weighted by atomic mass is 10.1. The smallest absolute Gasteiger partial charge is 0.335 e. The van der Waals surface area contributed by atoms with Crippen LogP contribution in [-0.2, 0) is 0 Å². The Bertz CT molecular complexity index is 647. The van der Waals surface area contributed by atoms with E-state index in [2.05, 4.69) is 22.0 Å². The minimum atomic E-state index is -0.953. The van der Waals surface area contributed by atoms with E-state index < -0.39 is 5.97 Å². The highest BCUT2D eigenvalue weighted by atomic mass is 16.4. The molecule has 0 bridgehead atoms. The van der Waals surface area contributed by atoms with Gasteiger partial charge in [-0.05, 0) is 38.2 Å². The summed E-state index contributed by atoms with van der Waals surface area (Å²) < 4.78 is 0. The summed E-state index contributed by atoms with van der Waals surface area (Å²) in [5, 5.41) is 16.6. The molecule has 0 unspecified atom stereocenters. The van der Waals surface area contributed by atoms with Crippen molar-refractivity contribution in [1.82, 2.24) is 15.1 Å². The Morgan fingerprint density at radius 1 is 1.50 bits per heavy atom. The molecule has 2 aromatic rings. The Labute approximate surface area is 104 Å². The Morgan fingerprint density at radius 2 is 2.28 bits per heavy atom. The molecule has 18 heavy (non-hydrogen) atoms. The third-order valence-electron chi connectivity index (χ3n) is 2.41. The topological polar surface area (TPSA) is 69.2 Å². The predicted molar refractivity (Wildman–Crippen MR) is 68.5 cm³/mol. The zero-order valence-electron chi connectivity index (χ0n) is 10.2. The summed E-state index contributed by atoms with van der Waals surface area (Å²) in [4.78, 5) is 12.9. The number of fused-ring (bicyclic) bond motifs is 1. The van der Waals surface area contributed by atoms with Gasteiger partial charge in [0.25, 0.3) is 0 Å². The van der Waals surface area contributed by atoms with E-state index in [9.17, 15) is 4.79 Å². The number of carboxylic acid groups (broad SMARTS) is 1. The molecule has 1 aromatic carbocycles. The van der Waals surface area contributed by atoms with Crippen LogP contribution in [0.2, 0.25) is 0 Å². The van der Waals surface area contributed by atoms with Crippen LogP contribution in [0.5, 0.6) is 0 Å². The van der Waals surface area contributed by atoms with Crippen molar-refractivity contribution >= 4 is 16.9 Å². The number of nitrogens with zero attached hydrogens (tertiary/aromatic N) is 2. The van der Waals surface area contributed by atoms with Crippen molar-refractivity contribution in [3.8, 4) is 11.8 Å². The van der Waals surface area contributed by atoms with Gasteiger partial charge >= 0.3 is 5.97 Å². The number of nitrogens with one attached hydrogen (secondary N) is 1. The molecule has 0 spiro atoms. The molecule has 92 valence electrons. The SMILES string of the molecule is CN(C)CC#Cc1[nH]nc2ccc(C(=O)O)cc12. The number of carboxylic acids is 1. The van der Waals surface area contributed by atoms with E-state index in [1.807, 2.05) is 19.0 Å². The Hall–Kier alpha value is -2.32. The van der Waals surface area contributed by atoms with Crippen molar-refractivity contribution in [3.63, 3.8) is 0 Å². The summed E-state index contributed by atoms with van der Waals surface area (Å²) in [7, 11) is 3.87. The van der Waals surface area contributed by atoms with E-state index in [1.54, 1.807) is 12.1 Å². The summed E-state index contributed by atoms with van der Waals surface area (Å²) >= 11 is 0. The van der Waals surface area contributed by atoms with Gasteiger partial charge in [-0.3, -0.25) is 10.00 Å². The molecule has 0 aliphatic heterocycles. The van der Waals surface area contributed by atoms with Gasteiger partial charge in [0.05, 0.1) is 17.6 Å². The van der Waals surface area contributed by atoms with Crippen LogP contribution in [0.25, 0.3) is 10.9 Å². The van der Waals surface area contributed by atoms with E-state index in [0.29, 0.717) is 17.8 Å². The molecule has 0 radical (unpaired) electrons. The van der Waals surface area contributed by atoms with Crippen LogP contribution in [0.15, 0.2) is 18.2 Å². The van der Waals surface area contributed by atoms with Crippen LogP contribution >= 0.6 is 0 Å². The first-order chi connectivity index (χ1) is 8.58. The average Bonchev–Trinajstić information content (AvgIpc) is 2.71. The lowest BCUT2D eigenvalue weighted by Gasteiger charge is -2.00. The molecule has 0 aliphatic rings. The number of H-pyrrole nitrogens is 1. The molecule has 1 heterocycles. The second-order valence-electron chi connectivity index (χ2n) is 4.18. The molecule has 0 aliphatic carbocycles. The van der Waals surface area contributed by atoms with E-state index in [1.165, 1.54) is 6.07 Å². The van der Waals surface area contributed by atoms with Gasteiger partial charge in [0.15, 0.2) is 0 Å². The first-order valence-corrected chi connectivity index (χ1v) is 5.43. The van der Waals surface area contributed by atoms with Gasteiger partial charge < -0.3 is 5.11 Å². The van der Waals surface area contributed by atoms with Crippen molar-refractivity contribution in [3.05, 3.63) is 29.5 Å². The Balaban J connectivity index is 2.41. The number of carbonyl (C=O) groups is 1. The lowest BCUT2D eigenvalue weighted by molar-refractivity contribution is 0.0697. The van der Waals surface area contributed by atoms with Crippen molar-refractivity contribution in [2.75, 3.05) is 20.6 Å². The number of benzene rings is 1. The Kier molecular flexibility index (Phi) is 3.31. The van der Waals surface area contributed by atoms with Gasteiger partial charge in [-0.2, -0.15) is 5.10 Å². The molecule has 5 nitrogen and oxygen atoms in total. The van der Waals surface area contributed by atoms with E-state index in [4.69, 9.17) is 5.11 Å². The van der Waals surface area contributed by atoms with Crippen molar-refractivity contribution in [1.29, 1.82) is 0 Å². The average molecular weight is 243 g/mol. The van der Waals surface area contributed by atoms with Crippen LogP contribution in [0.4, 0.5) is 0 Å². The van der Waals surface area contributed by atoms with Crippen LogP contribution in [-0.4, -0.2) is 46.8 Å². The summed E-state index contributed by atoms with van der Waals surface area (Å²) in [6.07, 6.45) is 0. The molecule has 5 heteroatoms. The highest BCUT2D eigenvalue weighted by molar-refractivity contribution is 5.94. The summed E-state index contributed by atoms with van der Waals surface area (Å²) in [5.74, 6) is 4.99. The van der Waals surface area contributed by atoms with Crippen molar-refractivity contribution in [2.24, 2.45) is 0 Å². The summed E-state index contributed by atoms with van der Waals surface area (Å²) in [5.41, 5.74) is 1.60. The summed E-state index contributed by atoms with van der Waals surface area (Å²) in [6.45, 7) is 0.638. The fourth-order valence-electron chi connectivity index (χ4n) is 1.52. The molecule has 0 atom stereocenters. The fraction of sp³-hybridized carbons (Fsp3) is 0.231. The van der Waals surface area contributed by atoms with E-state index in [-0.39, 0.29) is 5.56 Å². The van der Waals surface area contributed by atoms with Crippen molar-refractivity contribution < 1.29 is 9.90 Å². The van der Waals surface area contributed by atoms with Gasteiger partial charge in [-0.15, -0.1) is 0 Å². The van der Waals surface area contributed by atoms with Crippen LogP contribution in [0.1, 0.15) is 16.1 Å². The zero-order chi connectivity index (χ0) is 13.1. The molecule has 0 saturated heterocycles. The molecule has 2 N–H and O–H groups in total. The third kappa shape index (κ3) is 2.50. The maximum atomic E-state index is 10.9. The third-order valence-corrected chi connectivity index (χ3v) is 2.41. The van der Waals surface area contributed by atoms with Crippen LogP contribution in [0, 0.1) is 11.8 Å². The highest BCUT2D eigenvalue weighted by Crippen LogP contribution is 2.17. The maximum absolute atomic E-state index is 10.9. The van der Waals surface area contributed by atoms with E-state index >= 15 is 0 Å². The summed E-state index contributed by atoms with van der Waals surface area (Å²) in [6, 6.07) is 4.79. The predicted octanol–water partition coefficient (Wildman–Crippen LogP) is 1.17. The van der Waals surface area contributed by atoms with Crippen LogP contribution < -0.4 is 0 Å². The van der Waals surface area contributed by atoms with Gasteiger partial charge in [0.1, 0.15) is 5.69 Å². The lowest BCUT2D eigenvalue weighted by Crippen LogP contribution is -2.10. The number of aromatic nitrogens is 2. The van der Waals surface area contributed by atoms with Gasteiger partial charge in [0.2, 0.25) is 0 Å². The second kappa shape index (κ2) is 4.90. The first-order valence-electron chi connectivity index (χ1n) is 5.43. The van der Waals surface area contributed by atoms with Crippen molar-refractivity contribution in [2.45, 2.75) is 0 Å².